The monoisotopic (exact) mass is 338 g/mol. The van der Waals surface area contributed by atoms with E-state index in [9.17, 15) is 19.5 Å². The summed E-state index contributed by atoms with van der Waals surface area (Å²) in [5.74, 6) is -0.351. The van der Waals surface area contributed by atoms with E-state index < -0.39 is 0 Å². The summed E-state index contributed by atoms with van der Waals surface area (Å²) in [6.07, 6.45) is 5.76. The van der Waals surface area contributed by atoms with E-state index in [1.165, 1.54) is 12.2 Å². The van der Waals surface area contributed by atoms with E-state index in [1.54, 1.807) is 12.1 Å². The summed E-state index contributed by atoms with van der Waals surface area (Å²) in [4.78, 5) is 37.3. The quantitative estimate of drug-likeness (QED) is 0.853. The molecule has 0 unspecified atom stereocenters. The minimum absolute atomic E-state index is 0.0108. The number of hydrogen-bond donors (Lipinski definition) is 1. The van der Waals surface area contributed by atoms with Crippen molar-refractivity contribution in [2.75, 3.05) is 6.61 Å². The van der Waals surface area contributed by atoms with Crippen LogP contribution in [-0.2, 0) is 5.41 Å². The van der Waals surface area contributed by atoms with E-state index in [0.717, 1.165) is 24.8 Å². The summed E-state index contributed by atoms with van der Waals surface area (Å²) in [7, 11) is 0. The Labute approximate surface area is 146 Å². The summed E-state index contributed by atoms with van der Waals surface area (Å²) in [6.45, 7) is 4.26. The van der Waals surface area contributed by atoms with Crippen molar-refractivity contribution in [1.82, 2.24) is 0 Å². The van der Waals surface area contributed by atoms with Gasteiger partial charge in [-0.15, -0.1) is 0 Å². The van der Waals surface area contributed by atoms with Gasteiger partial charge < -0.3 is 5.11 Å². The van der Waals surface area contributed by atoms with E-state index in [2.05, 4.69) is 13.8 Å². The number of carbonyl (C=O) groups is 3. The third-order valence-corrected chi connectivity index (χ3v) is 6.80. The highest BCUT2D eigenvalue weighted by molar-refractivity contribution is 6.23. The van der Waals surface area contributed by atoms with Crippen molar-refractivity contribution >= 4 is 17.3 Å². The van der Waals surface area contributed by atoms with Gasteiger partial charge in [0.1, 0.15) is 0 Å². The van der Waals surface area contributed by atoms with Crippen LogP contribution in [0.15, 0.2) is 24.3 Å². The van der Waals surface area contributed by atoms with Crippen LogP contribution in [0.2, 0.25) is 0 Å². The molecular weight excluding hydrogens is 316 g/mol. The zero-order chi connectivity index (χ0) is 18.0. The van der Waals surface area contributed by atoms with Crippen molar-refractivity contribution in [3.63, 3.8) is 0 Å². The second-order valence-corrected chi connectivity index (χ2v) is 8.27. The highest BCUT2D eigenvalue weighted by atomic mass is 16.3. The van der Waals surface area contributed by atoms with Gasteiger partial charge in [0.15, 0.2) is 17.3 Å². The molecular formula is C21H22O4. The molecule has 3 aliphatic carbocycles. The first kappa shape index (κ1) is 16.4. The standard InChI is InChI=1S/C21H22O4/c1-20(11-22)6-3-7-21(2)15-9-13-12(16(23)4-5-17(13)24)8-14(15)18(25)10-19(20)21/h4-5,8-9,19,22H,3,6-7,10-11H2,1-2H3/t19-,20+,21+/m0/s1. The second kappa shape index (κ2) is 5.21. The maximum atomic E-state index is 12.9. The number of rotatable bonds is 1. The van der Waals surface area contributed by atoms with Gasteiger partial charge in [-0.2, -0.15) is 0 Å². The SMILES string of the molecule is C[C@]1(CO)CCC[C@]2(C)c3cc4c(cc3C(=O)C[C@@H]12)C(=O)C=CC4=O. The number of ketones is 3. The molecule has 3 atom stereocenters. The molecule has 1 aromatic rings. The highest BCUT2D eigenvalue weighted by Crippen LogP contribution is 2.57. The Hall–Kier alpha value is -2.07. The van der Waals surface area contributed by atoms with Crippen molar-refractivity contribution in [2.45, 2.75) is 44.9 Å². The largest absolute Gasteiger partial charge is 0.396 e. The summed E-state index contributed by atoms with van der Waals surface area (Å²) in [5, 5.41) is 9.99. The first-order valence-corrected chi connectivity index (χ1v) is 8.89. The highest BCUT2D eigenvalue weighted by Gasteiger charge is 2.53. The molecule has 1 N–H and O–H groups in total. The topological polar surface area (TPSA) is 71.4 Å². The maximum Gasteiger partial charge on any atom is 0.186 e. The first-order valence-electron chi connectivity index (χ1n) is 8.89. The lowest BCUT2D eigenvalue weighted by Crippen LogP contribution is -2.52. The Balaban J connectivity index is 1.95. The van der Waals surface area contributed by atoms with E-state index in [4.69, 9.17) is 0 Å². The molecule has 0 saturated heterocycles. The van der Waals surface area contributed by atoms with Gasteiger partial charge in [0.05, 0.1) is 0 Å². The minimum Gasteiger partial charge on any atom is -0.396 e. The lowest BCUT2D eigenvalue weighted by molar-refractivity contribution is -0.0142. The Morgan fingerprint density at radius 2 is 1.64 bits per heavy atom. The zero-order valence-corrected chi connectivity index (χ0v) is 14.6. The molecule has 4 rings (SSSR count). The van der Waals surface area contributed by atoms with Crippen LogP contribution >= 0.6 is 0 Å². The fourth-order valence-electron chi connectivity index (χ4n) is 5.30. The number of aliphatic hydroxyl groups excluding tert-OH is 1. The maximum absolute atomic E-state index is 12.9. The van der Waals surface area contributed by atoms with Crippen molar-refractivity contribution < 1.29 is 19.5 Å². The molecule has 0 radical (unpaired) electrons. The second-order valence-electron chi connectivity index (χ2n) is 8.27. The predicted molar refractivity (Wildman–Crippen MR) is 93.1 cm³/mol. The molecule has 0 heterocycles. The van der Waals surface area contributed by atoms with Crippen LogP contribution in [0.5, 0.6) is 0 Å². The zero-order valence-electron chi connectivity index (χ0n) is 14.6. The number of Topliss-reactive ketones (excluding diaryl/α,β-unsaturated/α-hetero) is 1. The van der Waals surface area contributed by atoms with Crippen molar-refractivity contribution in [1.29, 1.82) is 0 Å². The van der Waals surface area contributed by atoms with Crippen LogP contribution in [-0.4, -0.2) is 29.1 Å². The number of benzene rings is 1. The van der Waals surface area contributed by atoms with Gasteiger partial charge in [-0.3, -0.25) is 14.4 Å². The minimum atomic E-state index is -0.296. The number of carbonyl (C=O) groups excluding carboxylic acids is 3. The third kappa shape index (κ3) is 2.13. The Kier molecular flexibility index (Phi) is 3.42. The summed E-state index contributed by atoms with van der Waals surface area (Å²) in [5.41, 5.74) is 1.63. The van der Waals surface area contributed by atoms with E-state index in [1.807, 2.05) is 0 Å². The number of hydrogen-bond acceptors (Lipinski definition) is 4. The van der Waals surface area contributed by atoms with E-state index in [0.29, 0.717) is 23.1 Å². The van der Waals surface area contributed by atoms with Crippen molar-refractivity contribution in [3.05, 3.63) is 46.5 Å². The Bertz CT molecular complexity index is 850. The van der Waals surface area contributed by atoms with Crippen LogP contribution < -0.4 is 0 Å². The third-order valence-electron chi connectivity index (χ3n) is 6.80. The van der Waals surface area contributed by atoms with Gasteiger partial charge in [0.25, 0.3) is 0 Å². The number of fused-ring (bicyclic) bond motifs is 4. The van der Waals surface area contributed by atoms with Gasteiger partial charge >= 0.3 is 0 Å². The molecule has 0 spiro atoms. The Morgan fingerprint density at radius 1 is 1.00 bits per heavy atom. The molecule has 130 valence electrons. The predicted octanol–water partition coefficient (Wildman–Crippen LogP) is 3.26. The molecule has 0 aromatic heterocycles. The van der Waals surface area contributed by atoms with Gasteiger partial charge in [0, 0.05) is 29.7 Å². The molecule has 25 heavy (non-hydrogen) atoms. The molecule has 4 heteroatoms. The van der Waals surface area contributed by atoms with Crippen molar-refractivity contribution in [2.24, 2.45) is 11.3 Å². The van der Waals surface area contributed by atoms with Gasteiger partial charge in [-0.1, -0.05) is 20.3 Å². The molecule has 0 aliphatic heterocycles. The number of aliphatic hydroxyl groups is 1. The van der Waals surface area contributed by atoms with E-state index in [-0.39, 0.29) is 40.7 Å². The Morgan fingerprint density at radius 3 is 2.28 bits per heavy atom. The van der Waals surface area contributed by atoms with Crippen LogP contribution in [0.3, 0.4) is 0 Å². The lowest BCUT2D eigenvalue weighted by Gasteiger charge is -2.54. The first-order chi connectivity index (χ1) is 11.8. The normalized spacial score (nSPS) is 33.7. The molecule has 1 fully saturated rings. The van der Waals surface area contributed by atoms with Gasteiger partial charge in [-0.25, -0.2) is 0 Å². The van der Waals surface area contributed by atoms with E-state index >= 15 is 0 Å². The number of allylic oxidation sites excluding steroid dienone is 2. The fourth-order valence-corrected chi connectivity index (χ4v) is 5.30. The smallest absolute Gasteiger partial charge is 0.186 e. The van der Waals surface area contributed by atoms with Gasteiger partial charge in [-0.05, 0) is 59.4 Å². The lowest BCUT2D eigenvalue weighted by atomic mass is 9.49. The molecule has 3 aliphatic rings. The van der Waals surface area contributed by atoms with Gasteiger partial charge in [0.2, 0.25) is 0 Å². The van der Waals surface area contributed by atoms with Crippen LogP contribution in [0.1, 0.15) is 76.2 Å². The fraction of sp³-hybridized carbons (Fsp3) is 0.476. The molecule has 0 amide bonds. The summed E-state index contributed by atoms with van der Waals surface area (Å²) >= 11 is 0. The molecule has 0 bridgehead atoms. The van der Waals surface area contributed by atoms with Crippen LogP contribution in [0, 0.1) is 11.3 Å². The van der Waals surface area contributed by atoms with Crippen molar-refractivity contribution in [3.8, 4) is 0 Å². The summed E-state index contributed by atoms with van der Waals surface area (Å²) in [6, 6.07) is 3.41. The molecule has 1 aromatic carbocycles. The molecule has 4 nitrogen and oxygen atoms in total. The van der Waals surface area contributed by atoms with Crippen LogP contribution in [0.4, 0.5) is 0 Å². The average Bonchev–Trinajstić information content (AvgIpc) is 2.60. The molecule has 1 saturated carbocycles. The van der Waals surface area contributed by atoms with Crippen LogP contribution in [0.25, 0.3) is 0 Å². The summed E-state index contributed by atoms with van der Waals surface area (Å²) < 4.78 is 0. The average molecular weight is 338 g/mol.